The van der Waals surface area contributed by atoms with Crippen LogP contribution in [0.4, 0.5) is 21.0 Å². The van der Waals surface area contributed by atoms with Crippen molar-refractivity contribution in [2.24, 2.45) is 0 Å². The topological polar surface area (TPSA) is 109 Å². The summed E-state index contributed by atoms with van der Waals surface area (Å²) < 4.78 is 10.5. The maximum atomic E-state index is 12.4. The first-order chi connectivity index (χ1) is 12.6. The Morgan fingerprint density at radius 2 is 2.00 bits per heavy atom. The van der Waals surface area contributed by atoms with E-state index in [4.69, 9.17) is 9.47 Å². The first-order valence-electron chi connectivity index (χ1n) is 8.64. The Labute approximate surface area is 158 Å². The number of benzene rings is 1. The van der Waals surface area contributed by atoms with Gasteiger partial charge in [-0.05, 0) is 39.8 Å². The van der Waals surface area contributed by atoms with Crippen LogP contribution in [-0.2, 0) is 9.53 Å². The first kappa shape index (κ1) is 20.3. The Morgan fingerprint density at radius 3 is 2.56 bits per heavy atom. The first-order valence-corrected chi connectivity index (χ1v) is 8.64. The Morgan fingerprint density at radius 1 is 1.30 bits per heavy atom. The van der Waals surface area contributed by atoms with Crippen LogP contribution in [0.2, 0.25) is 0 Å². The lowest BCUT2D eigenvalue weighted by Gasteiger charge is -2.21. The molecule has 1 unspecified atom stereocenters. The molecule has 9 heteroatoms. The molecule has 3 N–H and O–H groups in total. The van der Waals surface area contributed by atoms with Crippen LogP contribution in [-0.4, -0.2) is 54.8 Å². The number of rotatable bonds is 5. The summed E-state index contributed by atoms with van der Waals surface area (Å²) >= 11 is 0. The third-order valence-corrected chi connectivity index (χ3v) is 3.71. The number of carbonyl (C=O) groups is 3. The van der Waals surface area contributed by atoms with Gasteiger partial charge in [-0.2, -0.15) is 0 Å². The Kier molecular flexibility index (Phi) is 6.14. The second kappa shape index (κ2) is 8.15. The van der Waals surface area contributed by atoms with E-state index in [1.165, 1.54) is 12.0 Å². The zero-order chi connectivity index (χ0) is 20.2. The van der Waals surface area contributed by atoms with E-state index in [1.54, 1.807) is 45.9 Å². The van der Waals surface area contributed by atoms with E-state index in [0.717, 1.165) is 0 Å². The second-order valence-corrected chi connectivity index (χ2v) is 7.13. The van der Waals surface area contributed by atoms with E-state index in [1.807, 2.05) is 0 Å². The highest BCUT2D eigenvalue weighted by Gasteiger charge is 2.29. The maximum absolute atomic E-state index is 12.4. The van der Waals surface area contributed by atoms with E-state index < -0.39 is 17.7 Å². The average molecular weight is 378 g/mol. The summed E-state index contributed by atoms with van der Waals surface area (Å²) in [7, 11) is 1.47. The fourth-order valence-corrected chi connectivity index (χ4v) is 2.53. The standard InChI is InChI=1S/C18H26N4O5/c1-11(15(23)22-9-8-19-16(22)24)20-12-6-7-13(14(10-12)26-5)21-17(25)27-18(2,3)4/h6-7,10-11,20H,8-9H2,1-5H3,(H,19,24)(H,21,25). The van der Waals surface area contributed by atoms with Gasteiger partial charge in [-0.3, -0.25) is 15.0 Å². The number of hydrogen-bond acceptors (Lipinski definition) is 6. The summed E-state index contributed by atoms with van der Waals surface area (Å²) in [5, 5.41) is 8.26. The van der Waals surface area contributed by atoms with Crippen molar-refractivity contribution in [1.82, 2.24) is 10.2 Å². The molecule has 27 heavy (non-hydrogen) atoms. The normalized spacial score (nSPS) is 15.0. The number of carbonyl (C=O) groups excluding carboxylic acids is 3. The van der Waals surface area contributed by atoms with Crippen LogP contribution in [0.1, 0.15) is 27.7 Å². The molecular formula is C18H26N4O5. The van der Waals surface area contributed by atoms with Gasteiger partial charge >= 0.3 is 12.1 Å². The summed E-state index contributed by atoms with van der Waals surface area (Å²) in [6.07, 6.45) is -0.592. The summed E-state index contributed by atoms with van der Waals surface area (Å²) in [6, 6.07) is 4.00. The minimum absolute atomic E-state index is 0.320. The van der Waals surface area contributed by atoms with Crippen molar-refractivity contribution in [3.8, 4) is 5.75 Å². The number of anilines is 2. The minimum Gasteiger partial charge on any atom is -0.494 e. The zero-order valence-electron chi connectivity index (χ0n) is 16.2. The van der Waals surface area contributed by atoms with Crippen molar-refractivity contribution in [3.05, 3.63) is 18.2 Å². The quantitative estimate of drug-likeness (QED) is 0.726. The molecule has 9 nitrogen and oxygen atoms in total. The number of nitrogens with zero attached hydrogens (tertiary/aromatic N) is 1. The molecule has 1 heterocycles. The lowest BCUT2D eigenvalue weighted by molar-refractivity contribution is -0.128. The van der Waals surface area contributed by atoms with Gasteiger partial charge in [-0.1, -0.05) is 0 Å². The van der Waals surface area contributed by atoms with Crippen LogP contribution >= 0.6 is 0 Å². The van der Waals surface area contributed by atoms with Gasteiger partial charge < -0.3 is 20.1 Å². The molecule has 1 fully saturated rings. The summed E-state index contributed by atoms with van der Waals surface area (Å²) in [4.78, 5) is 37.1. The van der Waals surface area contributed by atoms with Crippen molar-refractivity contribution in [2.45, 2.75) is 39.3 Å². The zero-order valence-corrected chi connectivity index (χ0v) is 16.2. The number of methoxy groups -OCH3 is 1. The van der Waals surface area contributed by atoms with Gasteiger partial charge in [-0.25, -0.2) is 9.59 Å². The van der Waals surface area contributed by atoms with E-state index in [0.29, 0.717) is 30.2 Å². The number of nitrogens with one attached hydrogen (secondary N) is 3. The molecule has 0 saturated carbocycles. The molecule has 1 saturated heterocycles. The molecule has 0 spiro atoms. The van der Waals surface area contributed by atoms with Crippen molar-refractivity contribution in [3.63, 3.8) is 0 Å². The average Bonchev–Trinajstić information content (AvgIpc) is 2.99. The summed E-state index contributed by atoms with van der Waals surface area (Å²) in [5.74, 6) is 0.0874. The molecule has 1 aromatic rings. The Balaban J connectivity index is 2.05. The number of hydrogen-bond donors (Lipinski definition) is 3. The van der Waals surface area contributed by atoms with Gasteiger partial charge in [0.15, 0.2) is 0 Å². The SMILES string of the molecule is COc1cc(NC(C)C(=O)N2CCNC2=O)ccc1NC(=O)OC(C)(C)C. The van der Waals surface area contributed by atoms with E-state index in [2.05, 4.69) is 16.0 Å². The molecule has 2 rings (SSSR count). The third kappa shape index (κ3) is 5.50. The molecule has 1 aromatic carbocycles. The van der Waals surface area contributed by atoms with E-state index >= 15 is 0 Å². The van der Waals surface area contributed by atoms with Crippen LogP contribution in [0, 0.1) is 0 Å². The van der Waals surface area contributed by atoms with E-state index in [-0.39, 0.29) is 11.9 Å². The van der Waals surface area contributed by atoms with E-state index in [9.17, 15) is 14.4 Å². The largest absolute Gasteiger partial charge is 0.494 e. The van der Waals surface area contributed by atoms with Gasteiger partial charge in [0.25, 0.3) is 5.91 Å². The number of imide groups is 1. The third-order valence-electron chi connectivity index (χ3n) is 3.71. The monoisotopic (exact) mass is 378 g/mol. The fraction of sp³-hybridized carbons (Fsp3) is 0.500. The van der Waals surface area contributed by atoms with Crippen LogP contribution in [0.15, 0.2) is 18.2 Å². The highest BCUT2D eigenvalue weighted by atomic mass is 16.6. The lowest BCUT2D eigenvalue weighted by Crippen LogP contribution is -2.43. The van der Waals surface area contributed by atoms with Crippen molar-refractivity contribution in [2.75, 3.05) is 30.8 Å². The van der Waals surface area contributed by atoms with Gasteiger partial charge in [-0.15, -0.1) is 0 Å². The Hall–Kier alpha value is -2.97. The predicted octanol–water partition coefficient (Wildman–Crippen LogP) is 2.39. The molecule has 0 aromatic heterocycles. The molecule has 1 atom stereocenters. The number of ether oxygens (including phenoxy) is 2. The van der Waals surface area contributed by atoms with Crippen molar-refractivity contribution in [1.29, 1.82) is 0 Å². The summed E-state index contributed by atoms with van der Waals surface area (Å²) in [6.45, 7) is 7.80. The highest BCUT2D eigenvalue weighted by molar-refractivity contribution is 5.99. The molecule has 4 amide bonds. The molecule has 0 aliphatic carbocycles. The molecular weight excluding hydrogens is 352 g/mol. The molecule has 1 aliphatic heterocycles. The summed E-state index contributed by atoms with van der Waals surface area (Å²) in [5.41, 5.74) is 0.438. The number of amides is 4. The Bertz CT molecular complexity index is 729. The highest BCUT2D eigenvalue weighted by Crippen LogP contribution is 2.29. The van der Waals surface area contributed by atoms with Gasteiger partial charge in [0.05, 0.1) is 12.8 Å². The number of urea groups is 1. The van der Waals surface area contributed by atoms with Crippen LogP contribution < -0.4 is 20.7 Å². The molecule has 1 aliphatic rings. The molecule has 0 radical (unpaired) electrons. The minimum atomic E-state index is -0.615. The van der Waals surface area contributed by atoms with Crippen molar-refractivity contribution >= 4 is 29.4 Å². The lowest BCUT2D eigenvalue weighted by atomic mass is 10.2. The van der Waals surface area contributed by atoms with Crippen molar-refractivity contribution < 1.29 is 23.9 Å². The van der Waals surface area contributed by atoms with Gasteiger partial charge in [0, 0.05) is 24.8 Å². The second-order valence-electron chi connectivity index (χ2n) is 7.13. The maximum Gasteiger partial charge on any atom is 0.412 e. The van der Waals surface area contributed by atoms with Gasteiger partial charge in [0.1, 0.15) is 17.4 Å². The van der Waals surface area contributed by atoms with Crippen LogP contribution in [0.5, 0.6) is 5.75 Å². The smallest absolute Gasteiger partial charge is 0.412 e. The van der Waals surface area contributed by atoms with Crippen LogP contribution in [0.25, 0.3) is 0 Å². The predicted molar refractivity (Wildman–Crippen MR) is 101 cm³/mol. The van der Waals surface area contributed by atoms with Crippen LogP contribution in [0.3, 0.4) is 0 Å². The van der Waals surface area contributed by atoms with Gasteiger partial charge in [0.2, 0.25) is 0 Å². The fourth-order valence-electron chi connectivity index (χ4n) is 2.53. The molecule has 148 valence electrons. The molecule has 0 bridgehead atoms.